The lowest BCUT2D eigenvalue weighted by Gasteiger charge is -2.32. The van der Waals surface area contributed by atoms with E-state index in [9.17, 15) is 9.18 Å². The van der Waals surface area contributed by atoms with Crippen molar-refractivity contribution in [3.8, 4) is 0 Å². The van der Waals surface area contributed by atoms with E-state index in [0.717, 1.165) is 0 Å². The van der Waals surface area contributed by atoms with E-state index in [1.807, 2.05) is 27.7 Å². The highest BCUT2D eigenvalue weighted by Gasteiger charge is 2.52. The molecule has 2 rings (SSSR count). The summed E-state index contributed by atoms with van der Waals surface area (Å²) in [6, 6.07) is 4.80. The van der Waals surface area contributed by atoms with Crippen LogP contribution in [0.4, 0.5) is 9.18 Å². The second kappa shape index (κ2) is 8.16. The first-order valence-electron chi connectivity index (χ1n) is 9.18. The summed E-state index contributed by atoms with van der Waals surface area (Å²) in [6.45, 7) is 13.3. The Hall–Kier alpha value is -1.38. The number of rotatable bonds is 4. The van der Waals surface area contributed by atoms with Crippen LogP contribution in [0.1, 0.15) is 54.0 Å². The lowest BCUT2D eigenvalue weighted by molar-refractivity contribution is 0.00578. The molecule has 0 bridgehead atoms. The van der Waals surface area contributed by atoms with Gasteiger partial charge in [0.1, 0.15) is 11.4 Å². The maximum absolute atomic E-state index is 13.9. The number of halogens is 2. The van der Waals surface area contributed by atoms with E-state index in [0.29, 0.717) is 15.5 Å². The molecule has 0 radical (unpaired) electrons. The van der Waals surface area contributed by atoms with Crippen LogP contribution >= 0.6 is 15.9 Å². The first-order valence-corrected chi connectivity index (χ1v) is 9.97. The predicted molar refractivity (Wildman–Crippen MR) is 112 cm³/mol. The minimum Gasteiger partial charge on any atom is -0.444 e. The molecule has 0 spiro atoms. The molecule has 0 saturated carbocycles. The molecule has 1 aromatic carbocycles. The summed E-state index contributed by atoms with van der Waals surface area (Å²) >= 11 is 3.15. The second-order valence-corrected chi connectivity index (χ2v) is 9.69. The van der Waals surface area contributed by atoms with Crippen LogP contribution in [-0.2, 0) is 14.0 Å². The molecule has 1 aromatic rings. The molecule has 1 fully saturated rings. The molecule has 0 unspecified atom stereocenters. The smallest absolute Gasteiger partial charge is 0.444 e. The molecular formula is C20H28BBrFNO4. The Morgan fingerprint density at radius 1 is 1.25 bits per heavy atom. The third kappa shape index (κ3) is 5.81. The molecule has 1 saturated heterocycles. The van der Waals surface area contributed by atoms with Gasteiger partial charge in [0.2, 0.25) is 0 Å². The number of ether oxygens (including phenoxy) is 1. The van der Waals surface area contributed by atoms with E-state index in [1.54, 1.807) is 39.0 Å². The average molecular weight is 456 g/mol. The van der Waals surface area contributed by atoms with E-state index < -0.39 is 30.0 Å². The number of carbonyl (C=O) groups is 1. The first-order chi connectivity index (χ1) is 12.7. The maximum atomic E-state index is 13.9. The highest BCUT2D eigenvalue weighted by Crippen LogP contribution is 2.38. The molecule has 0 aliphatic carbocycles. The minimum atomic E-state index is -0.674. The molecule has 1 aliphatic rings. The van der Waals surface area contributed by atoms with Gasteiger partial charge in [-0.2, -0.15) is 0 Å². The maximum Gasteiger partial charge on any atom is 0.492 e. The second-order valence-electron chi connectivity index (χ2n) is 8.84. The van der Waals surface area contributed by atoms with Gasteiger partial charge in [0.05, 0.1) is 15.7 Å². The van der Waals surface area contributed by atoms with Gasteiger partial charge in [0, 0.05) is 6.54 Å². The third-order valence-electron chi connectivity index (χ3n) is 4.69. The lowest BCUT2D eigenvalue weighted by atomic mass is 9.77. The van der Waals surface area contributed by atoms with Crippen molar-refractivity contribution in [1.82, 2.24) is 5.32 Å². The summed E-state index contributed by atoms with van der Waals surface area (Å²) in [4.78, 5) is 12.1. The molecule has 5 nitrogen and oxygen atoms in total. The van der Waals surface area contributed by atoms with Crippen molar-refractivity contribution < 1.29 is 23.2 Å². The number of carbonyl (C=O) groups excluding carboxylic acids is 1. The largest absolute Gasteiger partial charge is 0.492 e. The fourth-order valence-electron chi connectivity index (χ4n) is 2.50. The summed E-state index contributed by atoms with van der Waals surface area (Å²) in [5, 5.41) is 2.72. The number of hydrogen-bond acceptors (Lipinski definition) is 4. The molecule has 154 valence electrons. The van der Waals surface area contributed by atoms with Gasteiger partial charge in [0.25, 0.3) is 0 Å². The zero-order chi connectivity index (χ0) is 21.3. The van der Waals surface area contributed by atoms with Crippen LogP contribution in [0.15, 0.2) is 28.1 Å². The Labute approximate surface area is 175 Å². The fourth-order valence-corrected chi connectivity index (χ4v) is 2.75. The number of alkyl carbamates (subject to hydrolysis) is 1. The summed E-state index contributed by atoms with van der Waals surface area (Å²) in [6.07, 6.45) is 1.21. The molecule has 0 aromatic heterocycles. The fraction of sp³-hybridized carbons (Fsp3) is 0.550. The SMILES string of the molecule is CC(C)(C)OC(=O)NCC(=Cc1ccc(Br)c(F)c1)B1OC(C)(C)C(C)(C)O1. The van der Waals surface area contributed by atoms with Crippen molar-refractivity contribution in [3.05, 3.63) is 39.5 Å². The van der Waals surface area contributed by atoms with Crippen LogP contribution in [0.5, 0.6) is 0 Å². The first kappa shape index (κ1) is 22.9. The Balaban J connectivity index is 2.27. The highest BCUT2D eigenvalue weighted by molar-refractivity contribution is 9.10. The van der Waals surface area contributed by atoms with E-state index in [2.05, 4.69) is 21.2 Å². The van der Waals surface area contributed by atoms with Gasteiger partial charge in [0.15, 0.2) is 0 Å². The van der Waals surface area contributed by atoms with Crippen molar-refractivity contribution in [2.45, 2.75) is 65.3 Å². The van der Waals surface area contributed by atoms with Crippen molar-refractivity contribution >= 4 is 35.2 Å². The normalized spacial score (nSPS) is 18.9. The Morgan fingerprint density at radius 2 is 1.82 bits per heavy atom. The van der Waals surface area contributed by atoms with Gasteiger partial charge >= 0.3 is 13.2 Å². The van der Waals surface area contributed by atoms with Crippen LogP contribution in [0.25, 0.3) is 6.08 Å². The number of hydrogen-bond donors (Lipinski definition) is 1. The standard InChI is InChI=1S/C20H28BBrFNO4/c1-18(2,3)26-17(25)24-12-14(10-13-8-9-15(22)16(23)11-13)21-27-19(4,5)20(6,7)28-21/h8-11H,12H2,1-7H3,(H,24,25). The lowest BCUT2D eigenvalue weighted by Crippen LogP contribution is -2.41. The highest BCUT2D eigenvalue weighted by atomic mass is 79.9. The Bertz CT molecular complexity index is 758. The van der Waals surface area contributed by atoms with Crippen LogP contribution in [0.3, 0.4) is 0 Å². The predicted octanol–water partition coefficient (Wildman–Crippen LogP) is 5.13. The van der Waals surface area contributed by atoms with E-state index in [-0.39, 0.29) is 12.4 Å². The Morgan fingerprint density at radius 3 is 2.32 bits per heavy atom. The van der Waals surface area contributed by atoms with Gasteiger partial charge in [-0.15, -0.1) is 0 Å². The topological polar surface area (TPSA) is 56.8 Å². The van der Waals surface area contributed by atoms with E-state index in [1.165, 1.54) is 6.07 Å². The molecule has 1 amide bonds. The van der Waals surface area contributed by atoms with Crippen molar-refractivity contribution in [2.75, 3.05) is 6.54 Å². The summed E-state index contributed by atoms with van der Waals surface area (Å²) in [7, 11) is -0.674. The van der Waals surface area contributed by atoms with E-state index in [4.69, 9.17) is 14.0 Å². The van der Waals surface area contributed by atoms with Gasteiger partial charge in [-0.05, 0) is 87.6 Å². The molecular weight excluding hydrogens is 428 g/mol. The number of benzene rings is 1. The molecule has 1 heterocycles. The van der Waals surface area contributed by atoms with Crippen LogP contribution in [0.2, 0.25) is 0 Å². The minimum absolute atomic E-state index is 0.142. The summed E-state index contributed by atoms with van der Waals surface area (Å²) in [5.41, 5.74) is -0.378. The van der Waals surface area contributed by atoms with Crippen LogP contribution < -0.4 is 5.32 Å². The molecule has 8 heteroatoms. The average Bonchev–Trinajstić information content (AvgIpc) is 2.73. The van der Waals surface area contributed by atoms with E-state index >= 15 is 0 Å². The summed E-state index contributed by atoms with van der Waals surface area (Å²) < 4.78 is 31.8. The van der Waals surface area contributed by atoms with Gasteiger partial charge in [-0.25, -0.2) is 9.18 Å². The number of nitrogens with one attached hydrogen (secondary N) is 1. The molecule has 0 atom stereocenters. The van der Waals surface area contributed by atoms with Crippen LogP contribution in [0, 0.1) is 5.82 Å². The van der Waals surface area contributed by atoms with Gasteiger partial charge in [-0.1, -0.05) is 12.1 Å². The third-order valence-corrected chi connectivity index (χ3v) is 5.33. The van der Waals surface area contributed by atoms with Crippen molar-refractivity contribution in [1.29, 1.82) is 0 Å². The zero-order valence-corrected chi connectivity index (χ0v) is 19.1. The van der Waals surface area contributed by atoms with Crippen molar-refractivity contribution in [2.24, 2.45) is 0 Å². The number of amides is 1. The van der Waals surface area contributed by atoms with Gasteiger partial charge in [-0.3, -0.25) is 0 Å². The quantitative estimate of drug-likeness (QED) is 0.639. The van der Waals surface area contributed by atoms with Crippen LogP contribution in [-0.4, -0.2) is 36.6 Å². The monoisotopic (exact) mass is 455 g/mol. The van der Waals surface area contributed by atoms with Gasteiger partial charge < -0.3 is 19.4 Å². The molecule has 28 heavy (non-hydrogen) atoms. The Kier molecular flexibility index (Phi) is 6.68. The molecule has 1 aliphatic heterocycles. The molecule has 1 N–H and O–H groups in total. The summed E-state index contributed by atoms with van der Waals surface area (Å²) in [5.74, 6) is -0.373. The van der Waals surface area contributed by atoms with Crippen molar-refractivity contribution in [3.63, 3.8) is 0 Å². The zero-order valence-electron chi connectivity index (χ0n) is 17.5.